The fraction of sp³-hybridized carbons (Fsp3) is 0.235. The number of hydrogen-bond donors (Lipinski definition) is 1. The molecule has 0 fully saturated rings. The number of thiazole rings is 1. The summed E-state index contributed by atoms with van der Waals surface area (Å²) in [5.41, 5.74) is 3.18. The first-order valence-corrected chi connectivity index (χ1v) is 9.21. The monoisotopic (exact) mass is 343 g/mol. The Morgan fingerprint density at radius 2 is 2.09 bits per heavy atom. The Morgan fingerprint density at radius 1 is 1.26 bits per heavy atom. The highest BCUT2D eigenvalue weighted by Crippen LogP contribution is 2.25. The van der Waals surface area contributed by atoms with E-state index in [4.69, 9.17) is 0 Å². The molecule has 4 nitrogen and oxygen atoms in total. The van der Waals surface area contributed by atoms with E-state index in [0.29, 0.717) is 6.42 Å². The van der Waals surface area contributed by atoms with Crippen LogP contribution in [0.2, 0.25) is 0 Å². The zero-order chi connectivity index (χ0) is 16.1. The summed E-state index contributed by atoms with van der Waals surface area (Å²) >= 11 is 3.22. The van der Waals surface area contributed by atoms with E-state index in [0.717, 1.165) is 22.7 Å². The lowest BCUT2D eigenvalue weighted by Crippen LogP contribution is -2.26. The van der Waals surface area contributed by atoms with Crippen molar-refractivity contribution < 1.29 is 4.79 Å². The second-order valence-electron chi connectivity index (χ2n) is 5.23. The number of nitrogens with one attached hydrogen (secondary N) is 1. The Hall–Kier alpha value is -2.05. The van der Waals surface area contributed by atoms with Crippen LogP contribution in [0.3, 0.4) is 0 Å². The van der Waals surface area contributed by atoms with Crippen molar-refractivity contribution >= 4 is 28.6 Å². The lowest BCUT2D eigenvalue weighted by atomic mass is 10.2. The topological polar surface area (TPSA) is 54.9 Å². The first kappa shape index (κ1) is 15.8. The molecule has 3 rings (SSSR count). The molecular formula is C17H17N3OS2. The number of aromatic nitrogens is 2. The number of thiophene rings is 1. The summed E-state index contributed by atoms with van der Waals surface area (Å²) in [7, 11) is 0. The highest BCUT2D eigenvalue weighted by atomic mass is 32.1. The number of carbonyl (C=O) groups excluding carboxylic acids is 1. The van der Waals surface area contributed by atoms with Crippen LogP contribution in [0.25, 0.3) is 11.3 Å². The van der Waals surface area contributed by atoms with Crippen LogP contribution in [0.5, 0.6) is 0 Å². The van der Waals surface area contributed by atoms with Gasteiger partial charge in [0.2, 0.25) is 5.91 Å². The van der Waals surface area contributed by atoms with Crippen molar-refractivity contribution in [3.63, 3.8) is 0 Å². The Balaban J connectivity index is 1.57. The number of aryl methyl sites for hydroxylation is 1. The van der Waals surface area contributed by atoms with Crippen molar-refractivity contribution in [3.8, 4) is 11.3 Å². The summed E-state index contributed by atoms with van der Waals surface area (Å²) in [6.07, 6.45) is 4.79. The summed E-state index contributed by atoms with van der Waals surface area (Å²) in [5, 5.41) is 10.1. The molecule has 23 heavy (non-hydrogen) atoms. The molecule has 0 aliphatic heterocycles. The van der Waals surface area contributed by atoms with E-state index in [1.54, 1.807) is 35.1 Å². The molecule has 3 aromatic heterocycles. The Labute approximate surface area is 143 Å². The predicted molar refractivity (Wildman–Crippen MR) is 94.5 cm³/mol. The second kappa shape index (κ2) is 7.48. The smallest absolute Gasteiger partial charge is 0.220 e. The minimum Gasteiger partial charge on any atom is -0.347 e. The molecule has 0 aliphatic rings. The van der Waals surface area contributed by atoms with E-state index < -0.39 is 0 Å². The third kappa shape index (κ3) is 4.24. The van der Waals surface area contributed by atoms with Crippen molar-refractivity contribution in [2.24, 2.45) is 0 Å². The molecule has 0 bridgehead atoms. The Bertz CT molecular complexity index is 753. The van der Waals surface area contributed by atoms with Gasteiger partial charge in [-0.15, -0.1) is 11.3 Å². The van der Waals surface area contributed by atoms with Gasteiger partial charge in [-0.1, -0.05) is 0 Å². The minimum absolute atomic E-state index is 0.0596. The zero-order valence-electron chi connectivity index (χ0n) is 12.7. The molecule has 1 atom stereocenters. The number of amides is 1. The van der Waals surface area contributed by atoms with Crippen molar-refractivity contribution in [2.45, 2.75) is 25.8 Å². The lowest BCUT2D eigenvalue weighted by molar-refractivity contribution is -0.121. The van der Waals surface area contributed by atoms with Gasteiger partial charge in [-0.25, -0.2) is 4.98 Å². The number of hydrogen-bond acceptors (Lipinski definition) is 5. The average molecular weight is 343 g/mol. The molecule has 1 N–H and O–H groups in total. The molecular weight excluding hydrogens is 326 g/mol. The first-order valence-electron chi connectivity index (χ1n) is 7.38. The van der Waals surface area contributed by atoms with Crippen LogP contribution in [0, 0.1) is 0 Å². The standard InChI is InChI=1S/C17H17N3OS2/c1-12(19-16(21)3-2-13-6-9-22-10-13)17-20-15(11-23-17)14-4-7-18-8-5-14/h4-12H,2-3H2,1H3,(H,19,21)/t12-/m1/s1. The van der Waals surface area contributed by atoms with Crippen LogP contribution in [0.15, 0.2) is 46.7 Å². The molecule has 6 heteroatoms. The normalized spacial score (nSPS) is 12.0. The van der Waals surface area contributed by atoms with E-state index >= 15 is 0 Å². The second-order valence-corrected chi connectivity index (χ2v) is 6.90. The quantitative estimate of drug-likeness (QED) is 0.734. The third-order valence-electron chi connectivity index (χ3n) is 3.47. The van der Waals surface area contributed by atoms with E-state index in [2.05, 4.69) is 26.7 Å². The maximum absolute atomic E-state index is 12.1. The van der Waals surface area contributed by atoms with Gasteiger partial charge in [0.05, 0.1) is 11.7 Å². The van der Waals surface area contributed by atoms with Crippen molar-refractivity contribution in [2.75, 3.05) is 0 Å². The van der Waals surface area contributed by atoms with Crippen LogP contribution in [-0.4, -0.2) is 15.9 Å². The molecule has 118 valence electrons. The van der Waals surface area contributed by atoms with Gasteiger partial charge in [-0.3, -0.25) is 9.78 Å². The molecule has 0 aromatic carbocycles. The summed E-state index contributed by atoms with van der Waals surface area (Å²) < 4.78 is 0. The Morgan fingerprint density at radius 3 is 2.83 bits per heavy atom. The van der Waals surface area contributed by atoms with Crippen LogP contribution in [0.4, 0.5) is 0 Å². The molecule has 3 heterocycles. The lowest BCUT2D eigenvalue weighted by Gasteiger charge is -2.11. The van der Waals surface area contributed by atoms with Gasteiger partial charge in [-0.05, 0) is 47.9 Å². The molecule has 0 unspecified atom stereocenters. The van der Waals surface area contributed by atoms with Crippen LogP contribution in [-0.2, 0) is 11.2 Å². The SMILES string of the molecule is C[C@@H](NC(=O)CCc1ccsc1)c1nc(-c2ccncc2)cs1. The molecule has 3 aromatic rings. The summed E-state index contributed by atoms with van der Waals surface area (Å²) in [5.74, 6) is 0.0596. The van der Waals surface area contributed by atoms with Gasteiger partial charge in [0.1, 0.15) is 5.01 Å². The number of pyridine rings is 1. The van der Waals surface area contributed by atoms with Crippen molar-refractivity contribution in [3.05, 3.63) is 57.3 Å². The number of nitrogens with zero attached hydrogens (tertiary/aromatic N) is 2. The minimum atomic E-state index is -0.0782. The number of rotatable bonds is 6. The molecule has 0 spiro atoms. The van der Waals surface area contributed by atoms with Gasteiger partial charge in [0.15, 0.2) is 0 Å². The predicted octanol–water partition coefficient (Wildman–Crippen LogP) is 4.08. The fourth-order valence-corrected chi connectivity index (χ4v) is 3.75. The zero-order valence-corrected chi connectivity index (χ0v) is 14.4. The van der Waals surface area contributed by atoms with Crippen LogP contribution in [0.1, 0.15) is 30.0 Å². The highest BCUT2D eigenvalue weighted by molar-refractivity contribution is 7.10. The third-order valence-corrected chi connectivity index (χ3v) is 5.23. The molecule has 0 saturated heterocycles. The molecule has 0 radical (unpaired) electrons. The molecule has 0 aliphatic carbocycles. The van der Waals surface area contributed by atoms with Crippen molar-refractivity contribution in [1.82, 2.24) is 15.3 Å². The van der Waals surface area contributed by atoms with Crippen molar-refractivity contribution in [1.29, 1.82) is 0 Å². The van der Waals surface area contributed by atoms with Crippen LogP contribution < -0.4 is 5.32 Å². The summed E-state index contributed by atoms with van der Waals surface area (Å²) in [6, 6.07) is 5.85. The van der Waals surface area contributed by atoms with E-state index in [9.17, 15) is 4.79 Å². The molecule has 1 amide bonds. The average Bonchev–Trinajstić information content (AvgIpc) is 3.25. The molecule has 0 saturated carbocycles. The Kier molecular flexibility index (Phi) is 5.15. The van der Waals surface area contributed by atoms with Gasteiger partial charge < -0.3 is 5.32 Å². The van der Waals surface area contributed by atoms with E-state index in [-0.39, 0.29) is 11.9 Å². The van der Waals surface area contributed by atoms with Crippen LogP contribution >= 0.6 is 22.7 Å². The maximum atomic E-state index is 12.1. The first-order chi connectivity index (χ1) is 11.2. The van der Waals surface area contributed by atoms with E-state index in [1.165, 1.54) is 5.56 Å². The van der Waals surface area contributed by atoms with Gasteiger partial charge in [-0.2, -0.15) is 11.3 Å². The highest BCUT2D eigenvalue weighted by Gasteiger charge is 2.14. The summed E-state index contributed by atoms with van der Waals surface area (Å²) in [4.78, 5) is 20.7. The van der Waals surface area contributed by atoms with Gasteiger partial charge in [0, 0.05) is 29.8 Å². The summed E-state index contributed by atoms with van der Waals surface area (Å²) in [6.45, 7) is 1.97. The van der Waals surface area contributed by atoms with E-state index in [1.807, 2.05) is 29.8 Å². The number of carbonyl (C=O) groups is 1. The maximum Gasteiger partial charge on any atom is 0.220 e. The fourth-order valence-electron chi connectivity index (χ4n) is 2.21. The van der Waals surface area contributed by atoms with Gasteiger partial charge in [0.25, 0.3) is 0 Å². The van der Waals surface area contributed by atoms with Gasteiger partial charge >= 0.3 is 0 Å². The largest absolute Gasteiger partial charge is 0.347 e.